The Bertz CT molecular complexity index is 712. The Balaban J connectivity index is 0.00000192. The molecule has 23 heavy (non-hydrogen) atoms. The number of aromatic nitrogens is 4. The van der Waals surface area contributed by atoms with Gasteiger partial charge in [0.2, 0.25) is 17.6 Å². The van der Waals surface area contributed by atoms with Gasteiger partial charge in [-0.1, -0.05) is 10.3 Å². The second-order valence-electron chi connectivity index (χ2n) is 5.02. The molecule has 1 unspecified atom stereocenters. The van der Waals surface area contributed by atoms with Gasteiger partial charge in [-0.2, -0.15) is 21.3 Å². The first-order chi connectivity index (χ1) is 10.7. The third-order valence-electron chi connectivity index (χ3n) is 3.29. The largest absolute Gasteiger partial charge is 0.339 e. The summed E-state index contributed by atoms with van der Waals surface area (Å²) < 4.78 is 10.5. The molecule has 0 aromatic carbocycles. The summed E-state index contributed by atoms with van der Waals surface area (Å²) in [5.41, 5.74) is 0.973. The van der Waals surface area contributed by atoms with Crippen molar-refractivity contribution in [1.29, 1.82) is 0 Å². The van der Waals surface area contributed by atoms with E-state index in [2.05, 4.69) is 32.5 Å². The third-order valence-corrected chi connectivity index (χ3v) is 3.98. The summed E-state index contributed by atoms with van der Waals surface area (Å²) in [6.07, 6.45) is 1.91. The standard InChI is InChI=1S/C14H17N5O2S.ClH/c1-9(15-2)7-11-16-12(20-18-11)3-4-13-17-14(19-21-13)10-5-6-22-8-10;/h5-6,8-9,15H,3-4,7H2,1-2H3;1H. The molecule has 3 rings (SSSR count). The Kier molecular flexibility index (Phi) is 6.26. The van der Waals surface area contributed by atoms with E-state index in [1.165, 1.54) is 0 Å². The van der Waals surface area contributed by atoms with Crippen LogP contribution < -0.4 is 5.32 Å². The van der Waals surface area contributed by atoms with Gasteiger partial charge in [-0.15, -0.1) is 12.4 Å². The lowest BCUT2D eigenvalue weighted by atomic mass is 10.2. The van der Waals surface area contributed by atoms with E-state index in [0.717, 1.165) is 12.0 Å². The Morgan fingerprint density at radius 1 is 1.17 bits per heavy atom. The molecule has 7 nitrogen and oxygen atoms in total. The molecule has 0 bridgehead atoms. The van der Waals surface area contributed by atoms with E-state index < -0.39 is 0 Å². The summed E-state index contributed by atoms with van der Waals surface area (Å²) >= 11 is 1.60. The van der Waals surface area contributed by atoms with Gasteiger partial charge in [0.15, 0.2) is 5.82 Å². The summed E-state index contributed by atoms with van der Waals surface area (Å²) in [6.45, 7) is 2.07. The first kappa shape index (κ1) is 17.6. The second kappa shape index (κ2) is 8.19. The van der Waals surface area contributed by atoms with Crippen LogP contribution in [0.2, 0.25) is 0 Å². The molecule has 3 aromatic heterocycles. The fraction of sp³-hybridized carbons (Fsp3) is 0.429. The Labute approximate surface area is 143 Å². The van der Waals surface area contributed by atoms with Crippen LogP contribution in [0.25, 0.3) is 11.4 Å². The zero-order valence-corrected chi connectivity index (χ0v) is 14.5. The Morgan fingerprint density at radius 3 is 2.61 bits per heavy atom. The SMILES string of the molecule is CNC(C)Cc1noc(CCc2nc(-c3ccsc3)no2)n1.Cl. The van der Waals surface area contributed by atoms with Crippen molar-refractivity contribution in [3.8, 4) is 11.4 Å². The number of likely N-dealkylation sites (N-methyl/N-ethyl adjacent to an activating group) is 1. The van der Waals surface area contributed by atoms with E-state index in [1.807, 2.05) is 23.9 Å². The molecule has 1 N–H and O–H groups in total. The molecule has 3 heterocycles. The molecule has 0 saturated carbocycles. The van der Waals surface area contributed by atoms with Gasteiger partial charge in [0.05, 0.1) is 0 Å². The highest BCUT2D eigenvalue weighted by Gasteiger charge is 2.13. The average molecular weight is 356 g/mol. The van der Waals surface area contributed by atoms with E-state index in [4.69, 9.17) is 9.05 Å². The van der Waals surface area contributed by atoms with Gasteiger partial charge in [-0.25, -0.2) is 0 Å². The van der Waals surface area contributed by atoms with Gasteiger partial charge in [0, 0.05) is 36.2 Å². The van der Waals surface area contributed by atoms with E-state index in [-0.39, 0.29) is 12.4 Å². The van der Waals surface area contributed by atoms with Gasteiger partial charge < -0.3 is 14.4 Å². The van der Waals surface area contributed by atoms with Crippen molar-refractivity contribution in [2.45, 2.75) is 32.2 Å². The number of halogens is 1. The van der Waals surface area contributed by atoms with Gasteiger partial charge in [0.25, 0.3) is 0 Å². The molecule has 0 saturated heterocycles. The molecule has 0 fully saturated rings. The van der Waals surface area contributed by atoms with Crippen LogP contribution in [0.15, 0.2) is 25.9 Å². The number of thiophene rings is 1. The van der Waals surface area contributed by atoms with E-state index in [1.54, 1.807) is 11.3 Å². The van der Waals surface area contributed by atoms with Gasteiger partial charge in [-0.3, -0.25) is 0 Å². The predicted octanol–water partition coefficient (Wildman–Crippen LogP) is 2.54. The predicted molar refractivity (Wildman–Crippen MR) is 88.8 cm³/mol. The van der Waals surface area contributed by atoms with Crippen molar-refractivity contribution >= 4 is 23.7 Å². The zero-order chi connectivity index (χ0) is 15.4. The Hall–Kier alpha value is -1.77. The maximum atomic E-state index is 5.24. The van der Waals surface area contributed by atoms with Crippen molar-refractivity contribution in [1.82, 2.24) is 25.6 Å². The van der Waals surface area contributed by atoms with Crippen LogP contribution >= 0.6 is 23.7 Å². The number of hydrogen-bond donors (Lipinski definition) is 1. The maximum absolute atomic E-state index is 5.24. The molecule has 0 radical (unpaired) electrons. The van der Waals surface area contributed by atoms with Gasteiger partial charge in [0.1, 0.15) is 0 Å². The van der Waals surface area contributed by atoms with E-state index >= 15 is 0 Å². The first-order valence-electron chi connectivity index (χ1n) is 7.08. The molecule has 124 valence electrons. The highest BCUT2D eigenvalue weighted by Crippen LogP contribution is 2.19. The van der Waals surface area contributed by atoms with Gasteiger partial charge >= 0.3 is 0 Å². The van der Waals surface area contributed by atoms with Crippen molar-refractivity contribution in [2.75, 3.05) is 7.05 Å². The average Bonchev–Trinajstić information content (AvgIpc) is 3.26. The minimum absolute atomic E-state index is 0. The molecule has 0 aliphatic carbocycles. The molecule has 0 aliphatic heterocycles. The van der Waals surface area contributed by atoms with Crippen molar-refractivity contribution in [2.24, 2.45) is 0 Å². The molecule has 9 heteroatoms. The summed E-state index contributed by atoms with van der Waals surface area (Å²) in [4.78, 5) is 8.73. The monoisotopic (exact) mass is 355 g/mol. The maximum Gasteiger partial charge on any atom is 0.227 e. The lowest BCUT2D eigenvalue weighted by Crippen LogP contribution is -2.24. The van der Waals surface area contributed by atoms with E-state index in [9.17, 15) is 0 Å². The summed E-state index contributed by atoms with van der Waals surface area (Å²) in [5, 5.41) is 15.1. The summed E-state index contributed by atoms with van der Waals surface area (Å²) in [7, 11) is 1.91. The second-order valence-corrected chi connectivity index (χ2v) is 5.80. The van der Waals surface area contributed by atoms with Crippen molar-refractivity contribution in [3.05, 3.63) is 34.4 Å². The topological polar surface area (TPSA) is 89.9 Å². The molecular weight excluding hydrogens is 338 g/mol. The lowest BCUT2D eigenvalue weighted by Gasteiger charge is -2.04. The normalized spacial score (nSPS) is 12.1. The van der Waals surface area contributed by atoms with Crippen molar-refractivity contribution < 1.29 is 9.05 Å². The van der Waals surface area contributed by atoms with Crippen LogP contribution in [0.3, 0.4) is 0 Å². The van der Waals surface area contributed by atoms with Crippen LogP contribution in [0, 0.1) is 0 Å². The number of aryl methyl sites for hydroxylation is 2. The van der Waals surface area contributed by atoms with Gasteiger partial charge in [-0.05, 0) is 25.4 Å². The molecule has 0 spiro atoms. The van der Waals surface area contributed by atoms with Crippen LogP contribution in [0.5, 0.6) is 0 Å². The van der Waals surface area contributed by atoms with E-state index in [0.29, 0.717) is 42.3 Å². The fourth-order valence-corrected chi connectivity index (χ4v) is 2.56. The number of rotatable bonds is 7. The number of nitrogens with one attached hydrogen (secondary N) is 1. The fourth-order valence-electron chi connectivity index (χ4n) is 1.93. The number of nitrogens with zero attached hydrogens (tertiary/aromatic N) is 4. The first-order valence-corrected chi connectivity index (χ1v) is 8.02. The minimum Gasteiger partial charge on any atom is -0.339 e. The Morgan fingerprint density at radius 2 is 1.91 bits per heavy atom. The van der Waals surface area contributed by atoms with Crippen LogP contribution in [0.1, 0.15) is 24.5 Å². The van der Waals surface area contributed by atoms with Crippen LogP contribution in [0.4, 0.5) is 0 Å². The molecular formula is C14H18ClN5O2S. The summed E-state index contributed by atoms with van der Waals surface area (Å²) in [6, 6.07) is 2.28. The highest BCUT2D eigenvalue weighted by atomic mass is 35.5. The molecule has 0 amide bonds. The molecule has 1 atom stereocenters. The lowest BCUT2D eigenvalue weighted by molar-refractivity contribution is 0.351. The molecule has 3 aromatic rings. The minimum atomic E-state index is 0. The smallest absolute Gasteiger partial charge is 0.227 e. The van der Waals surface area contributed by atoms with Crippen LogP contribution in [-0.4, -0.2) is 33.4 Å². The van der Waals surface area contributed by atoms with Crippen LogP contribution in [-0.2, 0) is 19.3 Å². The third kappa shape index (κ3) is 4.60. The highest BCUT2D eigenvalue weighted by molar-refractivity contribution is 7.08. The zero-order valence-electron chi connectivity index (χ0n) is 12.9. The number of hydrogen-bond acceptors (Lipinski definition) is 8. The van der Waals surface area contributed by atoms with Crippen molar-refractivity contribution in [3.63, 3.8) is 0 Å². The molecule has 0 aliphatic rings. The summed E-state index contributed by atoms with van der Waals surface area (Å²) in [5.74, 6) is 2.49. The quantitative estimate of drug-likeness (QED) is 0.696.